The number of rotatable bonds is 6. The van der Waals surface area contributed by atoms with E-state index in [1.165, 1.54) is 22.7 Å². The van der Waals surface area contributed by atoms with Crippen LogP contribution in [0.3, 0.4) is 0 Å². The summed E-state index contributed by atoms with van der Waals surface area (Å²) in [6, 6.07) is 9.15. The molecule has 7 nitrogen and oxygen atoms in total. The van der Waals surface area contributed by atoms with Crippen LogP contribution >= 0.6 is 34.3 Å². The molecule has 0 spiro atoms. The molecule has 4 rings (SSSR count). The van der Waals surface area contributed by atoms with E-state index in [2.05, 4.69) is 32.5 Å². The molecule has 3 heterocycles. The van der Waals surface area contributed by atoms with Gasteiger partial charge in [0.05, 0.1) is 28.4 Å². The van der Waals surface area contributed by atoms with Crippen LogP contribution in [0.25, 0.3) is 0 Å². The van der Waals surface area contributed by atoms with Gasteiger partial charge < -0.3 is 15.1 Å². The molecular formula is C21H22ClN5O2S2. The number of benzene rings is 1. The number of carbonyl (C=O) groups excluding carboxylic acids is 2. The summed E-state index contributed by atoms with van der Waals surface area (Å²) in [4.78, 5) is 34.4. The van der Waals surface area contributed by atoms with Crippen molar-refractivity contribution in [2.45, 2.75) is 6.42 Å². The van der Waals surface area contributed by atoms with Crippen molar-refractivity contribution in [1.29, 1.82) is 0 Å². The van der Waals surface area contributed by atoms with E-state index in [1.807, 2.05) is 23.6 Å². The van der Waals surface area contributed by atoms with Gasteiger partial charge in [-0.25, -0.2) is 4.98 Å². The van der Waals surface area contributed by atoms with Crippen molar-refractivity contribution in [3.63, 3.8) is 0 Å². The Balaban J connectivity index is 1.39. The van der Waals surface area contributed by atoms with Crippen LogP contribution in [0.15, 0.2) is 41.1 Å². The van der Waals surface area contributed by atoms with E-state index < -0.39 is 0 Å². The lowest BCUT2D eigenvalue weighted by Gasteiger charge is -2.35. The van der Waals surface area contributed by atoms with E-state index in [4.69, 9.17) is 11.6 Å². The largest absolute Gasteiger partial charge is 0.367 e. The number of anilines is 3. The van der Waals surface area contributed by atoms with Crippen LogP contribution in [0, 0.1) is 0 Å². The fourth-order valence-electron chi connectivity index (χ4n) is 3.30. The predicted octanol–water partition coefficient (Wildman–Crippen LogP) is 4.04. The highest BCUT2D eigenvalue weighted by molar-refractivity contribution is 7.14. The minimum Gasteiger partial charge on any atom is -0.367 e. The zero-order valence-electron chi connectivity index (χ0n) is 16.9. The number of aromatic nitrogens is 1. The molecule has 1 aliphatic rings. The molecule has 0 bridgehead atoms. The Bertz CT molecular complexity index is 1060. The predicted molar refractivity (Wildman–Crippen MR) is 128 cm³/mol. The number of hydrogen-bond acceptors (Lipinski definition) is 7. The molecule has 1 aromatic carbocycles. The van der Waals surface area contributed by atoms with Crippen LogP contribution in [0.1, 0.15) is 15.4 Å². The van der Waals surface area contributed by atoms with Gasteiger partial charge in [0, 0.05) is 36.6 Å². The summed E-state index contributed by atoms with van der Waals surface area (Å²) in [6.07, 6.45) is 0.111. The van der Waals surface area contributed by atoms with Crippen LogP contribution in [0.4, 0.5) is 16.5 Å². The Morgan fingerprint density at radius 1 is 1.13 bits per heavy atom. The van der Waals surface area contributed by atoms with Gasteiger partial charge >= 0.3 is 0 Å². The summed E-state index contributed by atoms with van der Waals surface area (Å²) in [5.41, 5.74) is 2.27. The first-order chi connectivity index (χ1) is 15.0. The fourth-order valence-corrected chi connectivity index (χ4v) is 4.80. The molecule has 0 unspecified atom stereocenters. The average Bonchev–Trinajstić information content (AvgIpc) is 3.41. The summed E-state index contributed by atoms with van der Waals surface area (Å²) in [7, 11) is 2.10. The number of halogens is 1. The Morgan fingerprint density at radius 3 is 2.68 bits per heavy atom. The average molecular weight is 476 g/mol. The first-order valence-corrected chi connectivity index (χ1v) is 11.9. The summed E-state index contributed by atoms with van der Waals surface area (Å²) < 4.78 is 0. The zero-order valence-corrected chi connectivity index (χ0v) is 19.3. The first kappa shape index (κ1) is 21.8. The highest BCUT2D eigenvalue weighted by Gasteiger charge is 2.19. The van der Waals surface area contributed by atoms with Crippen LogP contribution in [0.5, 0.6) is 0 Å². The molecule has 0 atom stereocenters. The molecule has 1 aliphatic heterocycles. The lowest BCUT2D eigenvalue weighted by molar-refractivity contribution is -0.115. The standard InChI is InChI=1S/C21H22ClN5O2S2/c1-26-6-8-27(9-7-26)17-5-4-14(22)11-16(17)24-19(28)12-15-13-31-21(23-15)25-20(29)18-3-2-10-30-18/h2-5,10-11,13H,6-9,12H2,1H3,(H,24,28)(H,23,25,29). The van der Waals surface area contributed by atoms with Gasteiger partial charge in [-0.2, -0.15) is 0 Å². The van der Waals surface area contributed by atoms with Gasteiger partial charge in [0.15, 0.2) is 5.13 Å². The summed E-state index contributed by atoms with van der Waals surface area (Å²) in [6.45, 7) is 3.71. The van der Waals surface area contributed by atoms with Crippen molar-refractivity contribution in [3.05, 3.63) is 56.7 Å². The van der Waals surface area contributed by atoms with Gasteiger partial charge in [-0.15, -0.1) is 22.7 Å². The molecule has 2 N–H and O–H groups in total. The number of carbonyl (C=O) groups is 2. The highest BCUT2D eigenvalue weighted by atomic mass is 35.5. The van der Waals surface area contributed by atoms with Gasteiger partial charge in [0.25, 0.3) is 5.91 Å². The quantitative estimate of drug-likeness (QED) is 0.562. The zero-order chi connectivity index (χ0) is 21.8. The Morgan fingerprint density at radius 2 is 1.94 bits per heavy atom. The second-order valence-corrected chi connectivity index (χ2v) is 9.49. The second-order valence-electron chi connectivity index (χ2n) is 7.25. The molecule has 162 valence electrons. The molecule has 3 aromatic rings. The van der Waals surface area contributed by atoms with Crippen molar-refractivity contribution in [3.8, 4) is 0 Å². The molecule has 1 fully saturated rings. The third-order valence-corrected chi connectivity index (χ3v) is 6.85. The molecule has 31 heavy (non-hydrogen) atoms. The monoisotopic (exact) mass is 475 g/mol. The smallest absolute Gasteiger partial charge is 0.267 e. The maximum absolute atomic E-state index is 12.7. The van der Waals surface area contributed by atoms with Crippen molar-refractivity contribution < 1.29 is 9.59 Å². The minimum absolute atomic E-state index is 0.111. The number of nitrogens with zero attached hydrogens (tertiary/aromatic N) is 3. The molecular weight excluding hydrogens is 454 g/mol. The number of amides is 2. The Labute approximate surface area is 193 Å². The fraction of sp³-hybridized carbons (Fsp3) is 0.286. The number of nitrogens with one attached hydrogen (secondary N) is 2. The maximum atomic E-state index is 12.7. The van der Waals surface area contributed by atoms with Crippen LogP contribution in [-0.2, 0) is 11.2 Å². The molecule has 0 radical (unpaired) electrons. The molecule has 2 aromatic heterocycles. The van der Waals surface area contributed by atoms with Crippen molar-refractivity contribution in [2.75, 3.05) is 48.8 Å². The van der Waals surface area contributed by atoms with Gasteiger partial charge in [-0.1, -0.05) is 17.7 Å². The Hall–Kier alpha value is -2.46. The minimum atomic E-state index is -0.198. The normalized spacial score (nSPS) is 14.5. The summed E-state index contributed by atoms with van der Waals surface area (Å²) >= 11 is 8.85. The number of piperazine rings is 1. The Kier molecular flexibility index (Phi) is 6.86. The van der Waals surface area contributed by atoms with E-state index in [0.717, 1.165) is 31.9 Å². The molecule has 0 saturated carbocycles. The summed E-state index contributed by atoms with van der Waals surface area (Å²) in [5, 5.41) is 10.4. The first-order valence-electron chi connectivity index (χ1n) is 9.80. The van der Waals surface area contributed by atoms with Gasteiger partial charge in [-0.3, -0.25) is 14.9 Å². The number of hydrogen-bond donors (Lipinski definition) is 2. The summed E-state index contributed by atoms with van der Waals surface area (Å²) in [5.74, 6) is -0.379. The third kappa shape index (κ3) is 5.62. The van der Waals surface area contributed by atoms with Crippen LogP contribution < -0.4 is 15.5 Å². The van der Waals surface area contributed by atoms with Crippen molar-refractivity contribution in [2.24, 2.45) is 0 Å². The van der Waals surface area contributed by atoms with E-state index in [-0.39, 0.29) is 18.2 Å². The third-order valence-electron chi connectivity index (χ3n) is 4.94. The van der Waals surface area contributed by atoms with E-state index >= 15 is 0 Å². The van der Waals surface area contributed by atoms with Crippen LogP contribution in [-0.4, -0.2) is 54.9 Å². The van der Waals surface area contributed by atoms with E-state index in [9.17, 15) is 9.59 Å². The SMILES string of the molecule is CN1CCN(c2ccc(Cl)cc2NC(=O)Cc2csc(NC(=O)c3cccs3)n2)CC1. The second kappa shape index (κ2) is 9.78. The maximum Gasteiger partial charge on any atom is 0.267 e. The van der Waals surface area contributed by atoms with Gasteiger partial charge in [-0.05, 0) is 36.7 Å². The van der Waals surface area contributed by atoms with Crippen molar-refractivity contribution >= 4 is 62.6 Å². The molecule has 1 saturated heterocycles. The molecule has 0 aliphatic carbocycles. The number of likely N-dealkylation sites (N-methyl/N-ethyl adjacent to an activating group) is 1. The number of thiazole rings is 1. The highest BCUT2D eigenvalue weighted by Crippen LogP contribution is 2.30. The molecule has 10 heteroatoms. The number of thiophene rings is 1. The van der Waals surface area contributed by atoms with E-state index in [1.54, 1.807) is 17.5 Å². The van der Waals surface area contributed by atoms with E-state index in [0.29, 0.717) is 26.4 Å². The lowest BCUT2D eigenvalue weighted by atomic mass is 10.2. The lowest BCUT2D eigenvalue weighted by Crippen LogP contribution is -2.44. The molecule has 2 amide bonds. The topological polar surface area (TPSA) is 77.6 Å². The van der Waals surface area contributed by atoms with Gasteiger partial charge in [0.2, 0.25) is 5.91 Å². The van der Waals surface area contributed by atoms with Gasteiger partial charge in [0.1, 0.15) is 0 Å². The van der Waals surface area contributed by atoms with Crippen LogP contribution in [0.2, 0.25) is 5.02 Å². The van der Waals surface area contributed by atoms with Crippen molar-refractivity contribution in [1.82, 2.24) is 9.88 Å².